The summed E-state index contributed by atoms with van der Waals surface area (Å²) in [5.74, 6) is 0.109. The van der Waals surface area contributed by atoms with Crippen LogP contribution in [0.3, 0.4) is 0 Å². The summed E-state index contributed by atoms with van der Waals surface area (Å²) >= 11 is 0.135. The van der Waals surface area contributed by atoms with Gasteiger partial charge >= 0.3 is 0 Å². The van der Waals surface area contributed by atoms with Gasteiger partial charge in [0.2, 0.25) is 0 Å². The molecule has 8 heteroatoms. The highest BCUT2D eigenvalue weighted by Gasteiger charge is 2.25. The zero-order valence-electron chi connectivity index (χ0n) is 17.0. The van der Waals surface area contributed by atoms with Crippen LogP contribution in [0.25, 0.3) is 22.3 Å². The molecule has 3 aromatic rings. The first-order valence-corrected chi connectivity index (χ1v) is 10.5. The average Bonchev–Trinajstić information content (AvgIpc) is 3.17. The summed E-state index contributed by atoms with van der Waals surface area (Å²) in [5.41, 5.74) is 4.35. The van der Waals surface area contributed by atoms with E-state index < -0.39 is 0 Å². The molecule has 0 aliphatic carbocycles. The molecule has 4 rings (SSSR count). The minimum absolute atomic E-state index is 0.135. The molecule has 2 aromatic heterocycles. The van der Waals surface area contributed by atoms with Crippen molar-refractivity contribution in [2.45, 2.75) is 25.7 Å². The van der Waals surface area contributed by atoms with Crippen LogP contribution in [0.5, 0.6) is 0 Å². The fourth-order valence-electron chi connectivity index (χ4n) is 3.92. The van der Waals surface area contributed by atoms with Gasteiger partial charge in [0.25, 0.3) is 5.91 Å². The Bertz CT molecular complexity index is 1110. The Labute approximate surface area is 179 Å². The average molecular weight is 427 g/mol. The molecule has 0 atom stereocenters. The number of anilines is 1. The number of hydrogen-bond acceptors (Lipinski definition) is 5. The van der Waals surface area contributed by atoms with E-state index in [1.165, 1.54) is 10.3 Å². The summed E-state index contributed by atoms with van der Waals surface area (Å²) in [7, 11) is 1.72. The summed E-state index contributed by atoms with van der Waals surface area (Å²) < 4.78 is 20.6. The molecular weight excluding hydrogens is 403 g/mol. The number of nitrogens with zero attached hydrogens (tertiary/aromatic N) is 4. The molecule has 1 amide bonds. The first-order valence-electron chi connectivity index (χ1n) is 9.78. The highest BCUT2D eigenvalue weighted by atomic mass is 32.2. The number of rotatable bonds is 5. The number of aromatic nitrogens is 3. The van der Waals surface area contributed by atoms with Crippen molar-refractivity contribution >= 4 is 35.0 Å². The zero-order valence-corrected chi connectivity index (χ0v) is 17.8. The predicted molar refractivity (Wildman–Crippen MR) is 118 cm³/mol. The minimum Gasteiger partial charge on any atom is -0.381 e. The maximum Gasteiger partial charge on any atom is 0.253 e. The Morgan fingerprint density at radius 2 is 2.10 bits per heavy atom. The summed E-state index contributed by atoms with van der Waals surface area (Å²) in [4.78, 5) is 22.8. The number of halogens is 1. The number of fused-ring (bicyclic) bond motifs is 1. The van der Waals surface area contributed by atoms with E-state index in [1.807, 2.05) is 30.5 Å². The number of amides is 1. The van der Waals surface area contributed by atoms with E-state index in [1.54, 1.807) is 18.9 Å². The van der Waals surface area contributed by atoms with Crippen LogP contribution in [0.1, 0.15) is 31.2 Å². The van der Waals surface area contributed by atoms with Crippen LogP contribution in [-0.2, 0) is 9.53 Å². The number of hydrogen-bond donors (Lipinski definition) is 0. The molecule has 0 radical (unpaired) electrons. The highest BCUT2D eigenvalue weighted by Crippen LogP contribution is 2.39. The van der Waals surface area contributed by atoms with E-state index in [0.29, 0.717) is 24.4 Å². The number of ether oxygens (including phenoxy) is 1. The molecule has 0 saturated carbocycles. The summed E-state index contributed by atoms with van der Waals surface area (Å²) in [6, 6.07) is 7.61. The quantitative estimate of drug-likeness (QED) is 0.543. The summed E-state index contributed by atoms with van der Waals surface area (Å²) in [6.45, 7) is 6.80. The third kappa shape index (κ3) is 3.73. The third-order valence-corrected chi connectivity index (χ3v) is 5.92. The molecule has 0 N–H and O–H groups in total. The normalized spacial score (nSPS) is 14.8. The lowest BCUT2D eigenvalue weighted by Crippen LogP contribution is -2.26. The van der Waals surface area contributed by atoms with Crippen molar-refractivity contribution < 1.29 is 13.4 Å². The molecule has 0 bridgehead atoms. The van der Waals surface area contributed by atoms with Crippen molar-refractivity contribution in [3.63, 3.8) is 0 Å². The lowest BCUT2D eigenvalue weighted by atomic mass is 9.90. The van der Waals surface area contributed by atoms with Gasteiger partial charge in [-0.25, -0.2) is 13.9 Å². The molecule has 0 unspecified atom stereocenters. The van der Waals surface area contributed by atoms with Crippen molar-refractivity contribution in [2.24, 2.45) is 0 Å². The first kappa shape index (κ1) is 20.6. The van der Waals surface area contributed by atoms with Crippen molar-refractivity contribution in [1.82, 2.24) is 13.9 Å². The molecule has 156 valence electrons. The Morgan fingerprint density at radius 1 is 1.33 bits per heavy atom. The molecule has 1 aromatic carbocycles. The van der Waals surface area contributed by atoms with E-state index in [-0.39, 0.29) is 24.2 Å². The largest absolute Gasteiger partial charge is 0.381 e. The van der Waals surface area contributed by atoms with Crippen LogP contribution in [0, 0.1) is 0 Å². The maximum absolute atomic E-state index is 13.6. The SMILES string of the molecule is C=C(C)C(=O)N(C)c1cccc(-c2ncnc3c2c(C2CCOCC2)cn3SF)c1. The van der Waals surface area contributed by atoms with Crippen LogP contribution < -0.4 is 4.90 Å². The lowest BCUT2D eigenvalue weighted by Gasteiger charge is -2.22. The molecular formula is C22H23FN4O2S. The van der Waals surface area contributed by atoms with Crippen molar-refractivity contribution in [1.29, 1.82) is 0 Å². The van der Waals surface area contributed by atoms with Gasteiger partial charge in [0.1, 0.15) is 6.33 Å². The van der Waals surface area contributed by atoms with Gasteiger partial charge in [-0.1, -0.05) is 18.7 Å². The smallest absolute Gasteiger partial charge is 0.253 e. The Morgan fingerprint density at radius 3 is 2.80 bits per heavy atom. The monoisotopic (exact) mass is 426 g/mol. The maximum atomic E-state index is 13.6. The van der Waals surface area contributed by atoms with Gasteiger partial charge in [-0.3, -0.25) is 4.79 Å². The van der Waals surface area contributed by atoms with E-state index in [9.17, 15) is 8.68 Å². The molecule has 1 aliphatic rings. The van der Waals surface area contributed by atoms with E-state index >= 15 is 0 Å². The third-order valence-electron chi connectivity index (χ3n) is 5.49. The standard InChI is InChI=1S/C22H23FN4O2S/c1-14(2)22(28)26(3)17-6-4-5-16(11-17)20-19-18(15-7-9-29-10-8-15)12-27(30-23)21(19)25-13-24-20/h4-6,11-13,15H,1,7-10H2,2-3H3. The lowest BCUT2D eigenvalue weighted by molar-refractivity contribution is -0.114. The van der Waals surface area contributed by atoms with Crippen molar-refractivity contribution in [2.75, 3.05) is 25.2 Å². The summed E-state index contributed by atoms with van der Waals surface area (Å²) in [6.07, 6.45) is 5.03. The second-order valence-electron chi connectivity index (χ2n) is 7.48. The van der Waals surface area contributed by atoms with Gasteiger partial charge in [-0.2, -0.15) is 0 Å². The van der Waals surface area contributed by atoms with Crippen LogP contribution in [-0.4, -0.2) is 40.1 Å². The van der Waals surface area contributed by atoms with Crippen molar-refractivity contribution in [3.8, 4) is 11.3 Å². The summed E-state index contributed by atoms with van der Waals surface area (Å²) in [5, 5.41) is 0.848. The van der Waals surface area contributed by atoms with Crippen LogP contribution in [0.15, 0.2) is 48.9 Å². The number of carbonyl (C=O) groups is 1. The first-order chi connectivity index (χ1) is 14.5. The van der Waals surface area contributed by atoms with Crippen molar-refractivity contribution in [3.05, 3.63) is 54.5 Å². The molecule has 1 aliphatic heterocycles. The van der Waals surface area contributed by atoms with E-state index in [4.69, 9.17) is 4.74 Å². The fraction of sp³-hybridized carbons (Fsp3) is 0.318. The Kier molecular flexibility index (Phi) is 5.87. The van der Waals surface area contributed by atoms with Gasteiger partial charge in [-0.05, 0) is 43.4 Å². The minimum atomic E-state index is -0.150. The fourth-order valence-corrected chi connectivity index (χ4v) is 4.27. The van der Waals surface area contributed by atoms with Gasteiger partial charge in [-0.15, -0.1) is 3.89 Å². The van der Waals surface area contributed by atoms with Crippen LogP contribution in [0.4, 0.5) is 9.57 Å². The Balaban J connectivity index is 1.85. The van der Waals surface area contributed by atoms with E-state index in [0.717, 1.165) is 40.7 Å². The molecule has 30 heavy (non-hydrogen) atoms. The Hall–Kier alpha value is -2.71. The molecule has 0 spiro atoms. The van der Waals surface area contributed by atoms with Gasteiger partial charge < -0.3 is 9.64 Å². The number of carbonyl (C=O) groups excluding carboxylic acids is 1. The topological polar surface area (TPSA) is 60.3 Å². The zero-order chi connectivity index (χ0) is 21.3. The van der Waals surface area contributed by atoms with Crippen LogP contribution >= 0.6 is 12.3 Å². The highest BCUT2D eigenvalue weighted by molar-refractivity contribution is 7.92. The molecule has 1 saturated heterocycles. The number of likely N-dealkylation sites (N-methyl/N-ethyl adjacent to an activating group) is 1. The van der Waals surface area contributed by atoms with E-state index in [2.05, 4.69) is 16.5 Å². The second kappa shape index (κ2) is 8.57. The second-order valence-corrected chi connectivity index (χ2v) is 8.01. The van der Waals surface area contributed by atoms with Crippen LogP contribution in [0.2, 0.25) is 0 Å². The predicted octanol–water partition coefficient (Wildman–Crippen LogP) is 4.91. The number of benzene rings is 1. The molecule has 6 nitrogen and oxygen atoms in total. The molecule has 1 fully saturated rings. The van der Waals surface area contributed by atoms with Gasteiger partial charge in [0, 0.05) is 48.7 Å². The molecule has 3 heterocycles. The van der Waals surface area contributed by atoms with Gasteiger partial charge in [0.15, 0.2) is 18.0 Å². The van der Waals surface area contributed by atoms with Gasteiger partial charge in [0.05, 0.1) is 5.69 Å².